The van der Waals surface area contributed by atoms with E-state index in [1.165, 1.54) is 14.0 Å². The van der Waals surface area contributed by atoms with E-state index in [1.807, 2.05) is 46.2 Å². The number of carbonyl (C=O) groups excluding carboxylic acids is 4. The molecule has 0 bridgehead atoms. The molecule has 4 rings (SSSR count). The monoisotopic (exact) mass is 662 g/mol. The minimum Gasteiger partial charge on any atom is -0.475 e. The van der Waals surface area contributed by atoms with Crippen molar-refractivity contribution in [3.8, 4) is 0 Å². The molecule has 2 atom stereocenters. The number of hydrogen-bond acceptors (Lipinski definition) is 8. The Hall–Kier alpha value is -4.99. The van der Waals surface area contributed by atoms with Crippen molar-refractivity contribution in [1.82, 2.24) is 30.4 Å². The van der Waals surface area contributed by atoms with Gasteiger partial charge in [-0.2, -0.15) is 13.2 Å². The second-order valence-electron chi connectivity index (χ2n) is 10.8. The number of fused-ring (bicyclic) bond motifs is 1. The van der Waals surface area contributed by atoms with Crippen LogP contribution in [-0.4, -0.2) is 106 Å². The molecule has 1 fully saturated rings. The highest BCUT2D eigenvalue weighted by Crippen LogP contribution is 2.23. The van der Waals surface area contributed by atoms with Crippen LogP contribution in [0.3, 0.4) is 0 Å². The average Bonchev–Trinajstić information content (AvgIpc) is 3.71. The number of halogens is 3. The molecule has 2 heterocycles. The van der Waals surface area contributed by atoms with E-state index >= 15 is 0 Å². The Morgan fingerprint density at radius 2 is 1.85 bits per heavy atom. The third-order valence-electron chi connectivity index (χ3n) is 7.32. The highest BCUT2D eigenvalue weighted by molar-refractivity contribution is 5.87. The van der Waals surface area contributed by atoms with Gasteiger partial charge in [0.1, 0.15) is 6.04 Å². The summed E-state index contributed by atoms with van der Waals surface area (Å²) < 4.78 is 36.6. The Balaban J connectivity index is 0.000000771. The number of H-pyrrole nitrogens is 1. The normalized spacial score (nSPS) is 15.0. The fourth-order valence-corrected chi connectivity index (χ4v) is 5.18. The van der Waals surface area contributed by atoms with Gasteiger partial charge in [0.25, 0.3) is 0 Å². The highest BCUT2D eigenvalue weighted by Gasteiger charge is 2.38. The van der Waals surface area contributed by atoms with Crippen LogP contribution in [0.2, 0.25) is 0 Å². The Bertz CT molecular complexity index is 1530. The molecule has 1 saturated heterocycles. The van der Waals surface area contributed by atoms with Gasteiger partial charge in [-0.3, -0.25) is 19.3 Å². The van der Waals surface area contributed by atoms with Crippen molar-refractivity contribution in [2.24, 2.45) is 0 Å². The summed E-state index contributed by atoms with van der Waals surface area (Å²) in [7, 11) is 1.23. The summed E-state index contributed by atoms with van der Waals surface area (Å²) in [4.78, 5) is 69.8. The standard InChI is InChI=1S/C29H36N6O5.C2HF3O2/c1-20(36)31-15-26(29(39)40-2)33-27(37)18-34(16-22-9-5-8-21-7-3-4-11-25(21)22)17-24-10-6-12-35(24)28(38)13-23-14-30-19-32-23;3-2(4,5)1(6)7/h3-5,7-9,11,14,19,24,26H,6,10,12-13,15-18H2,1-2H3,(H,30,32)(H,31,36)(H,33,37);(H,6,7)/t24?,26-;/m0./s1. The van der Waals surface area contributed by atoms with E-state index in [-0.39, 0.29) is 43.3 Å². The maximum absolute atomic E-state index is 13.2. The molecule has 13 nitrogen and oxygen atoms in total. The zero-order valence-corrected chi connectivity index (χ0v) is 25.9. The van der Waals surface area contributed by atoms with Gasteiger partial charge in [0.15, 0.2) is 0 Å². The number of alkyl halides is 3. The van der Waals surface area contributed by atoms with E-state index in [0.717, 1.165) is 34.9 Å². The second kappa shape index (κ2) is 17.1. The van der Waals surface area contributed by atoms with Crippen molar-refractivity contribution in [2.45, 2.75) is 51.0 Å². The first-order valence-electron chi connectivity index (χ1n) is 14.7. The SMILES string of the molecule is COC(=O)[C@H](CNC(C)=O)NC(=O)CN(Cc1cccc2ccccc12)CC1CCCN1C(=O)Cc1cnc[nH]1.O=C(O)C(F)(F)F. The first-order chi connectivity index (χ1) is 22.3. The van der Waals surface area contributed by atoms with Crippen LogP contribution >= 0.6 is 0 Å². The molecule has 1 aliphatic rings. The maximum atomic E-state index is 13.2. The lowest BCUT2D eigenvalue weighted by Crippen LogP contribution is -2.52. The lowest BCUT2D eigenvalue weighted by Gasteiger charge is -2.31. The van der Waals surface area contributed by atoms with Crippen LogP contribution in [0.1, 0.15) is 31.0 Å². The van der Waals surface area contributed by atoms with E-state index in [1.54, 1.807) is 12.5 Å². The van der Waals surface area contributed by atoms with Gasteiger partial charge < -0.3 is 30.4 Å². The van der Waals surface area contributed by atoms with Gasteiger partial charge in [0.2, 0.25) is 17.7 Å². The Kier molecular flexibility index (Phi) is 13.3. The molecule has 3 amide bonds. The van der Waals surface area contributed by atoms with Gasteiger partial charge in [0.05, 0.1) is 26.4 Å². The highest BCUT2D eigenvalue weighted by atomic mass is 19.4. The summed E-state index contributed by atoms with van der Waals surface area (Å²) in [5.41, 5.74) is 1.82. The fraction of sp³-hybridized carbons (Fsp3) is 0.419. The third kappa shape index (κ3) is 11.4. The molecule has 3 aromatic rings. The predicted molar refractivity (Wildman–Crippen MR) is 163 cm³/mol. The van der Waals surface area contributed by atoms with E-state index in [4.69, 9.17) is 14.6 Å². The molecule has 254 valence electrons. The third-order valence-corrected chi connectivity index (χ3v) is 7.32. The number of carbonyl (C=O) groups is 5. The van der Waals surface area contributed by atoms with Crippen molar-refractivity contribution in [3.05, 3.63) is 66.2 Å². The topological polar surface area (TPSA) is 174 Å². The molecule has 0 aliphatic carbocycles. The number of imidazole rings is 1. The van der Waals surface area contributed by atoms with Crippen molar-refractivity contribution >= 4 is 40.4 Å². The van der Waals surface area contributed by atoms with Crippen LogP contribution in [0.15, 0.2) is 55.0 Å². The minimum absolute atomic E-state index is 0.00410. The number of ether oxygens (including phenoxy) is 1. The number of rotatable bonds is 12. The van der Waals surface area contributed by atoms with Crippen LogP contribution < -0.4 is 10.6 Å². The Morgan fingerprint density at radius 3 is 2.49 bits per heavy atom. The molecule has 0 spiro atoms. The van der Waals surface area contributed by atoms with Gasteiger partial charge >= 0.3 is 18.1 Å². The van der Waals surface area contributed by atoms with E-state index < -0.39 is 24.2 Å². The summed E-state index contributed by atoms with van der Waals surface area (Å²) in [6.45, 7) is 2.88. The van der Waals surface area contributed by atoms with Gasteiger partial charge in [-0.1, -0.05) is 42.5 Å². The molecule has 1 aliphatic heterocycles. The number of aromatic amines is 1. The maximum Gasteiger partial charge on any atom is 0.490 e. The number of esters is 1. The molecule has 4 N–H and O–H groups in total. The van der Waals surface area contributed by atoms with Gasteiger partial charge in [-0.25, -0.2) is 14.6 Å². The number of nitrogens with one attached hydrogen (secondary N) is 3. The summed E-state index contributed by atoms with van der Waals surface area (Å²) in [5, 5.41) is 14.6. The number of hydrogen-bond donors (Lipinski definition) is 4. The predicted octanol–water partition coefficient (Wildman–Crippen LogP) is 2.03. The van der Waals surface area contributed by atoms with Crippen molar-refractivity contribution in [3.63, 3.8) is 0 Å². The lowest BCUT2D eigenvalue weighted by molar-refractivity contribution is -0.192. The lowest BCUT2D eigenvalue weighted by atomic mass is 10.0. The largest absolute Gasteiger partial charge is 0.490 e. The quantitative estimate of drug-likeness (QED) is 0.212. The van der Waals surface area contributed by atoms with Crippen LogP contribution in [0.25, 0.3) is 10.8 Å². The number of methoxy groups -OCH3 is 1. The number of aromatic nitrogens is 2. The Morgan fingerprint density at radius 1 is 1.15 bits per heavy atom. The summed E-state index contributed by atoms with van der Waals surface area (Å²) in [6.07, 6.45) is 0.0791. The van der Waals surface area contributed by atoms with Crippen molar-refractivity contribution in [2.75, 3.05) is 33.3 Å². The molecule has 0 saturated carbocycles. The second-order valence-corrected chi connectivity index (χ2v) is 10.8. The summed E-state index contributed by atoms with van der Waals surface area (Å²) in [6, 6.07) is 13.1. The van der Waals surface area contributed by atoms with E-state index in [9.17, 15) is 32.3 Å². The number of carboxylic acid groups (broad SMARTS) is 1. The Labute approximate surface area is 268 Å². The smallest absolute Gasteiger partial charge is 0.475 e. The number of nitrogens with zero attached hydrogens (tertiary/aromatic N) is 3. The van der Waals surface area contributed by atoms with Crippen LogP contribution in [0.4, 0.5) is 13.2 Å². The van der Waals surface area contributed by atoms with Gasteiger partial charge in [-0.15, -0.1) is 0 Å². The minimum atomic E-state index is -5.08. The molecule has 47 heavy (non-hydrogen) atoms. The number of carboxylic acids is 1. The number of likely N-dealkylation sites (tertiary alicyclic amines) is 1. The van der Waals surface area contributed by atoms with Crippen LogP contribution in [0.5, 0.6) is 0 Å². The van der Waals surface area contributed by atoms with Crippen LogP contribution in [-0.2, 0) is 41.7 Å². The van der Waals surface area contributed by atoms with Crippen molar-refractivity contribution in [1.29, 1.82) is 0 Å². The van der Waals surface area contributed by atoms with E-state index in [2.05, 4.69) is 26.7 Å². The molecule has 2 aromatic carbocycles. The van der Waals surface area contributed by atoms with E-state index in [0.29, 0.717) is 19.6 Å². The van der Waals surface area contributed by atoms with Gasteiger partial charge in [-0.05, 0) is 29.2 Å². The summed E-state index contributed by atoms with van der Waals surface area (Å²) in [5.74, 6) is -4.08. The number of aliphatic carboxylic acids is 1. The molecular formula is C31H37F3N6O7. The molecular weight excluding hydrogens is 625 g/mol. The first-order valence-corrected chi connectivity index (χ1v) is 14.7. The molecule has 1 unspecified atom stereocenters. The zero-order valence-electron chi connectivity index (χ0n) is 25.9. The summed E-state index contributed by atoms with van der Waals surface area (Å²) >= 11 is 0. The fourth-order valence-electron chi connectivity index (χ4n) is 5.18. The molecule has 1 aromatic heterocycles. The number of amides is 3. The van der Waals surface area contributed by atoms with Crippen molar-refractivity contribution < 1.29 is 47.0 Å². The molecule has 16 heteroatoms. The molecule has 0 radical (unpaired) electrons. The first kappa shape index (κ1) is 36.5. The zero-order chi connectivity index (χ0) is 34.6. The number of benzene rings is 2. The van der Waals surface area contributed by atoms with Crippen LogP contribution in [0, 0.1) is 0 Å². The average molecular weight is 663 g/mol. The van der Waals surface area contributed by atoms with Gasteiger partial charge in [0, 0.05) is 51.0 Å².